The van der Waals surface area contributed by atoms with E-state index >= 15 is 0 Å². The van der Waals surface area contributed by atoms with Crippen LogP contribution in [0.15, 0.2) is 48.5 Å². The first-order valence-electron chi connectivity index (χ1n) is 14.5. The topological polar surface area (TPSA) is 133 Å². The minimum atomic E-state index is -6.95. The minimum absolute atomic E-state index is 0.0747. The zero-order valence-electron chi connectivity index (χ0n) is 25.9. The molecule has 5 aromatic carbocycles. The number of hydrogen-bond acceptors (Lipinski definition) is 4. The smallest absolute Gasteiger partial charge is 0.459 e. The summed E-state index contributed by atoms with van der Waals surface area (Å²) in [4.78, 5) is 52.6. The molecule has 2 amide bonds. The van der Waals surface area contributed by atoms with E-state index in [1.165, 1.54) is 30.3 Å². The van der Waals surface area contributed by atoms with Crippen molar-refractivity contribution in [2.75, 3.05) is 13.1 Å². The number of aromatic carboxylic acids is 2. The van der Waals surface area contributed by atoms with Gasteiger partial charge in [-0.25, -0.2) is 9.59 Å². The summed E-state index contributed by atoms with van der Waals surface area (Å²) in [5, 5.41) is 19.8. The number of amides is 2. The summed E-state index contributed by atoms with van der Waals surface area (Å²) >= 11 is 0. The molecule has 8 nitrogen and oxygen atoms in total. The molecule has 0 bridgehead atoms. The van der Waals surface area contributed by atoms with Gasteiger partial charge in [0.2, 0.25) is 0 Å². The SMILES string of the molecule is O=C(NCC(F)(F)C(F)(F)C(F)(F)F)c1c(C(=O)O)c2c(C(=O)O)ccc3c4cccc5cccc(c(c1C(=O)NCC(F)(F)C(F)(F)C(F)(F)F)c23)c54. The molecule has 0 aliphatic heterocycles. The van der Waals surface area contributed by atoms with Gasteiger partial charge in [0.05, 0.1) is 35.3 Å². The number of carboxylic acid groups (broad SMARTS) is 2. The number of hydrogen-bond donors (Lipinski definition) is 4. The highest BCUT2D eigenvalue weighted by molar-refractivity contribution is 6.40. The fourth-order valence-corrected chi connectivity index (χ4v) is 5.93. The van der Waals surface area contributed by atoms with Gasteiger partial charge in [-0.2, -0.15) is 61.5 Å². The first kappa shape index (κ1) is 39.5. The van der Waals surface area contributed by atoms with Crippen molar-refractivity contribution in [1.82, 2.24) is 10.6 Å². The van der Waals surface area contributed by atoms with Crippen molar-refractivity contribution in [3.63, 3.8) is 0 Å². The van der Waals surface area contributed by atoms with Gasteiger partial charge in [0.15, 0.2) is 0 Å². The Morgan fingerprint density at radius 1 is 0.481 bits per heavy atom. The molecule has 22 heteroatoms. The maximum atomic E-state index is 14.4. The molecule has 0 saturated heterocycles. The van der Waals surface area contributed by atoms with E-state index in [9.17, 15) is 90.9 Å². The van der Waals surface area contributed by atoms with Crippen LogP contribution in [0.5, 0.6) is 0 Å². The average Bonchev–Trinajstić information content (AvgIpc) is 3.06. The number of carbonyl (C=O) groups is 4. The molecule has 0 radical (unpaired) electrons. The fourth-order valence-electron chi connectivity index (χ4n) is 5.93. The summed E-state index contributed by atoms with van der Waals surface area (Å²) in [5.41, 5.74) is -6.17. The molecule has 0 saturated carbocycles. The van der Waals surface area contributed by atoms with E-state index in [4.69, 9.17) is 0 Å². The number of carbonyl (C=O) groups excluding carboxylic acids is 2. The van der Waals surface area contributed by atoms with Gasteiger partial charge < -0.3 is 20.8 Å². The van der Waals surface area contributed by atoms with Crippen LogP contribution >= 0.6 is 0 Å². The van der Waals surface area contributed by atoms with Crippen LogP contribution in [0.3, 0.4) is 0 Å². The van der Waals surface area contributed by atoms with E-state index < -0.39 is 111 Å². The number of nitrogens with one attached hydrogen (secondary N) is 2. The van der Waals surface area contributed by atoms with Gasteiger partial charge in [0.1, 0.15) is 0 Å². The lowest BCUT2D eigenvalue weighted by atomic mass is 9.81. The van der Waals surface area contributed by atoms with E-state index in [2.05, 4.69) is 0 Å². The monoisotopic (exact) mass is 790 g/mol. The van der Waals surface area contributed by atoms with Crippen LogP contribution in [0, 0.1) is 0 Å². The molecule has 0 aliphatic rings. The molecule has 5 aromatic rings. The molecular weight excluding hydrogens is 774 g/mol. The summed E-state index contributed by atoms with van der Waals surface area (Å²) in [6, 6.07) is 9.82. The third-order valence-electron chi connectivity index (χ3n) is 8.39. The number of alkyl halides is 14. The van der Waals surface area contributed by atoms with Crippen LogP contribution in [0.1, 0.15) is 41.4 Å². The first-order chi connectivity index (χ1) is 24.6. The van der Waals surface area contributed by atoms with Crippen molar-refractivity contribution in [2.24, 2.45) is 0 Å². The number of rotatable bonds is 10. The Morgan fingerprint density at radius 3 is 1.37 bits per heavy atom. The number of halogens is 14. The quantitative estimate of drug-likeness (QED) is 0.0640. The van der Waals surface area contributed by atoms with E-state index in [1.54, 1.807) is 0 Å². The van der Waals surface area contributed by atoms with Gasteiger partial charge in [-0.05, 0) is 38.4 Å². The van der Waals surface area contributed by atoms with Crippen molar-refractivity contribution in [3.05, 3.63) is 70.8 Å². The Balaban J connectivity index is 1.92. The molecule has 0 fully saturated rings. The van der Waals surface area contributed by atoms with E-state index in [0.717, 1.165) is 28.8 Å². The van der Waals surface area contributed by atoms with Crippen LogP contribution in [0.2, 0.25) is 0 Å². The van der Waals surface area contributed by atoms with E-state index in [0.29, 0.717) is 0 Å². The van der Waals surface area contributed by atoms with Gasteiger partial charge >= 0.3 is 48.0 Å². The van der Waals surface area contributed by atoms with Crippen LogP contribution in [0.25, 0.3) is 43.1 Å². The van der Waals surface area contributed by atoms with Gasteiger partial charge in [-0.15, -0.1) is 0 Å². The van der Waals surface area contributed by atoms with Crippen molar-refractivity contribution in [2.45, 2.75) is 36.0 Å². The Kier molecular flexibility index (Phi) is 9.10. The van der Waals surface area contributed by atoms with Crippen molar-refractivity contribution in [1.29, 1.82) is 0 Å². The molecule has 0 aromatic heterocycles. The van der Waals surface area contributed by atoms with Gasteiger partial charge in [0.25, 0.3) is 11.8 Å². The predicted octanol–water partition coefficient (Wildman–Crippen LogP) is 8.26. The standard InChI is InChI=1S/C32H16F14N2O6/c33-27(34,29(37,38)31(41,42)43)9-47-23(49)20-18-14-6-2-4-11-3-1-5-12(16(11)14)13-7-8-15(25(51)52)19(17(13)18)22(26(53)54)21(20)24(50)48-10-28(35,36)30(39,40)32(44,45)46/h1-8H,9-10H2,(H,47,49)(H,48,50)(H,51,52)(H,53,54). The Labute approximate surface area is 288 Å². The molecule has 0 heterocycles. The molecule has 4 N–H and O–H groups in total. The third-order valence-corrected chi connectivity index (χ3v) is 8.39. The van der Waals surface area contributed by atoms with Gasteiger partial charge in [-0.1, -0.05) is 42.5 Å². The van der Waals surface area contributed by atoms with E-state index in [-0.39, 0.29) is 26.9 Å². The fraction of sp³-hybridized carbons (Fsp3) is 0.250. The summed E-state index contributed by atoms with van der Waals surface area (Å²) in [7, 11) is 0. The Bertz CT molecular complexity index is 2380. The highest BCUT2D eigenvalue weighted by Crippen LogP contribution is 2.49. The van der Waals surface area contributed by atoms with E-state index in [1.807, 2.05) is 0 Å². The lowest BCUT2D eigenvalue weighted by Crippen LogP contribution is -2.57. The van der Waals surface area contributed by atoms with Crippen molar-refractivity contribution in [3.8, 4) is 0 Å². The molecule has 54 heavy (non-hydrogen) atoms. The van der Waals surface area contributed by atoms with Crippen molar-refractivity contribution < 1.29 is 90.9 Å². The molecule has 0 unspecified atom stereocenters. The molecule has 0 spiro atoms. The minimum Gasteiger partial charge on any atom is -0.478 e. The predicted molar refractivity (Wildman–Crippen MR) is 158 cm³/mol. The molecule has 0 aliphatic carbocycles. The van der Waals surface area contributed by atoms with Crippen LogP contribution in [-0.4, -0.2) is 83.1 Å². The van der Waals surface area contributed by atoms with Crippen LogP contribution < -0.4 is 10.6 Å². The zero-order chi connectivity index (χ0) is 40.7. The third kappa shape index (κ3) is 5.86. The van der Waals surface area contributed by atoms with Gasteiger partial charge in [-0.3, -0.25) is 9.59 Å². The number of benzene rings is 5. The van der Waals surface area contributed by atoms with Crippen LogP contribution in [-0.2, 0) is 0 Å². The summed E-state index contributed by atoms with van der Waals surface area (Å²) < 4.78 is 189. The number of carboxylic acids is 2. The molecule has 0 atom stereocenters. The molecule has 288 valence electrons. The lowest BCUT2D eigenvalue weighted by molar-refractivity contribution is -0.352. The highest BCUT2D eigenvalue weighted by Gasteiger charge is 2.73. The second-order valence-electron chi connectivity index (χ2n) is 11.6. The average molecular weight is 790 g/mol. The molecule has 5 rings (SSSR count). The largest absolute Gasteiger partial charge is 0.478 e. The van der Waals surface area contributed by atoms with Crippen molar-refractivity contribution >= 4 is 66.8 Å². The maximum Gasteiger partial charge on any atom is 0.459 e. The molecular formula is C32H16F14N2O6. The Morgan fingerprint density at radius 2 is 0.926 bits per heavy atom. The van der Waals surface area contributed by atoms with Crippen LogP contribution in [0.4, 0.5) is 61.5 Å². The first-order valence-corrected chi connectivity index (χ1v) is 14.5. The maximum absolute atomic E-state index is 14.4. The lowest BCUT2D eigenvalue weighted by Gasteiger charge is -2.29. The number of fused-ring (bicyclic) bond motifs is 2. The second kappa shape index (κ2) is 12.4. The normalized spacial score (nSPS) is 13.6. The highest BCUT2D eigenvalue weighted by atomic mass is 19.4. The Hall–Kier alpha value is -5.70. The summed E-state index contributed by atoms with van der Waals surface area (Å²) in [6.45, 7) is -5.90. The zero-order valence-corrected chi connectivity index (χ0v) is 25.9. The summed E-state index contributed by atoms with van der Waals surface area (Å²) in [6.07, 6.45) is -13.9. The summed E-state index contributed by atoms with van der Waals surface area (Å²) in [5.74, 6) is -35.3. The van der Waals surface area contributed by atoms with Gasteiger partial charge in [0, 0.05) is 10.8 Å². The second-order valence-corrected chi connectivity index (χ2v) is 11.6.